The van der Waals surface area contributed by atoms with Crippen molar-refractivity contribution in [2.45, 2.75) is 19.4 Å². The monoisotopic (exact) mass is 343 g/mol. The van der Waals surface area contributed by atoms with E-state index in [0.717, 1.165) is 18.8 Å². The standard InChI is InChI=1S/C13H18IN3/c1-17-13-7-3-2-6-11(13)12(16-17)10-15-9-5-4-8-14/h2-3,6-7,15H,4-5,8-10H2,1H3. The third-order valence-electron chi connectivity index (χ3n) is 2.86. The second-order valence-corrected chi connectivity index (χ2v) is 5.24. The predicted molar refractivity (Wildman–Crippen MR) is 80.5 cm³/mol. The largest absolute Gasteiger partial charge is 0.311 e. The lowest BCUT2D eigenvalue weighted by molar-refractivity contribution is 0.629. The SMILES string of the molecule is Cn1nc(CNCCCCI)c2ccccc21. The number of benzene rings is 1. The van der Waals surface area contributed by atoms with Gasteiger partial charge in [0.05, 0.1) is 11.2 Å². The number of alkyl halides is 1. The summed E-state index contributed by atoms with van der Waals surface area (Å²) < 4.78 is 3.20. The Bertz CT molecular complexity index is 478. The van der Waals surface area contributed by atoms with E-state index in [1.807, 2.05) is 11.7 Å². The average molecular weight is 343 g/mol. The van der Waals surface area contributed by atoms with Crippen LogP contribution >= 0.6 is 22.6 Å². The number of aromatic nitrogens is 2. The van der Waals surface area contributed by atoms with Crippen molar-refractivity contribution in [1.29, 1.82) is 0 Å². The molecule has 0 radical (unpaired) electrons. The fraction of sp³-hybridized carbons (Fsp3) is 0.462. The van der Waals surface area contributed by atoms with E-state index in [1.54, 1.807) is 0 Å². The number of unbranched alkanes of at least 4 members (excludes halogenated alkanes) is 1. The van der Waals surface area contributed by atoms with Gasteiger partial charge < -0.3 is 5.32 Å². The van der Waals surface area contributed by atoms with Gasteiger partial charge >= 0.3 is 0 Å². The third kappa shape index (κ3) is 3.19. The Kier molecular flexibility index (Phi) is 4.79. The molecule has 1 N–H and O–H groups in total. The summed E-state index contributed by atoms with van der Waals surface area (Å²) in [4.78, 5) is 0. The summed E-state index contributed by atoms with van der Waals surface area (Å²) in [7, 11) is 2.00. The van der Waals surface area contributed by atoms with Crippen LogP contribution in [0.25, 0.3) is 10.9 Å². The number of nitrogens with one attached hydrogen (secondary N) is 1. The number of hydrogen-bond acceptors (Lipinski definition) is 2. The highest BCUT2D eigenvalue weighted by Crippen LogP contribution is 2.16. The van der Waals surface area contributed by atoms with Crippen molar-refractivity contribution in [2.75, 3.05) is 11.0 Å². The third-order valence-corrected chi connectivity index (χ3v) is 3.63. The van der Waals surface area contributed by atoms with Crippen LogP contribution in [0.1, 0.15) is 18.5 Å². The van der Waals surface area contributed by atoms with Gasteiger partial charge in [0.15, 0.2) is 0 Å². The van der Waals surface area contributed by atoms with E-state index in [-0.39, 0.29) is 0 Å². The van der Waals surface area contributed by atoms with E-state index in [2.05, 4.69) is 57.3 Å². The first-order valence-corrected chi connectivity index (χ1v) is 7.53. The second-order valence-electron chi connectivity index (χ2n) is 4.16. The molecule has 0 aliphatic carbocycles. The van der Waals surface area contributed by atoms with Crippen molar-refractivity contribution < 1.29 is 0 Å². The minimum absolute atomic E-state index is 0.864. The second kappa shape index (κ2) is 6.35. The maximum atomic E-state index is 4.56. The first-order valence-electron chi connectivity index (χ1n) is 6.00. The summed E-state index contributed by atoms with van der Waals surface area (Å²) >= 11 is 2.42. The summed E-state index contributed by atoms with van der Waals surface area (Å²) in [6.07, 6.45) is 2.53. The van der Waals surface area contributed by atoms with Gasteiger partial charge in [-0.15, -0.1) is 0 Å². The van der Waals surface area contributed by atoms with Crippen LogP contribution in [0.3, 0.4) is 0 Å². The van der Waals surface area contributed by atoms with Gasteiger partial charge in [-0.05, 0) is 29.9 Å². The summed E-state index contributed by atoms with van der Waals surface area (Å²) in [6, 6.07) is 8.39. The highest BCUT2D eigenvalue weighted by atomic mass is 127. The molecule has 2 aromatic rings. The zero-order valence-corrected chi connectivity index (χ0v) is 12.3. The topological polar surface area (TPSA) is 29.9 Å². The van der Waals surface area contributed by atoms with Gasteiger partial charge in [0.1, 0.15) is 0 Å². The zero-order chi connectivity index (χ0) is 12.1. The van der Waals surface area contributed by atoms with Gasteiger partial charge in [0.2, 0.25) is 0 Å². The van der Waals surface area contributed by atoms with Crippen LogP contribution in [0.4, 0.5) is 0 Å². The summed E-state index contributed by atoms with van der Waals surface area (Å²) in [6.45, 7) is 1.94. The maximum absolute atomic E-state index is 4.56. The Balaban J connectivity index is 1.99. The molecule has 0 saturated carbocycles. The van der Waals surface area contributed by atoms with Gasteiger partial charge in [-0.3, -0.25) is 4.68 Å². The van der Waals surface area contributed by atoms with Gasteiger partial charge in [-0.1, -0.05) is 40.8 Å². The molecule has 1 heterocycles. The van der Waals surface area contributed by atoms with Crippen LogP contribution in [-0.4, -0.2) is 20.8 Å². The first kappa shape index (κ1) is 12.8. The number of nitrogens with zero attached hydrogens (tertiary/aromatic N) is 2. The highest BCUT2D eigenvalue weighted by molar-refractivity contribution is 14.1. The Labute approximate surface area is 116 Å². The zero-order valence-electron chi connectivity index (χ0n) is 10.1. The summed E-state index contributed by atoms with van der Waals surface area (Å²) in [5, 5.41) is 9.28. The molecular weight excluding hydrogens is 325 g/mol. The number of aryl methyl sites for hydroxylation is 1. The molecule has 0 atom stereocenters. The van der Waals surface area contributed by atoms with Crippen LogP contribution in [0.2, 0.25) is 0 Å². The van der Waals surface area contributed by atoms with Gasteiger partial charge in [-0.2, -0.15) is 5.10 Å². The molecule has 0 spiro atoms. The molecule has 4 heteroatoms. The number of para-hydroxylation sites is 1. The molecular formula is C13H18IN3. The molecule has 1 aromatic carbocycles. The smallest absolute Gasteiger partial charge is 0.0841 e. The highest BCUT2D eigenvalue weighted by Gasteiger charge is 2.06. The summed E-state index contributed by atoms with van der Waals surface area (Å²) in [5.41, 5.74) is 2.36. The molecule has 0 unspecified atom stereocenters. The number of rotatable bonds is 6. The molecule has 0 fully saturated rings. The van der Waals surface area contributed by atoms with Crippen LogP contribution < -0.4 is 5.32 Å². The van der Waals surface area contributed by atoms with E-state index in [0.29, 0.717) is 0 Å². The van der Waals surface area contributed by atoms with E-state index < -0.39 is 0 Å². The fourth-order valence-electron chi connectivity index (χ4n) is 1.97. The van der Waals surface area contributed by atoms with Crippen molar-refractivity contribution in [1.82, 2.24) is 15.1 Å². The minimum atomic E-state index is 0.864. The van der Waals surface area contributed by atoms with Crippen molar-refractivity contribution in [3.05, 3.63) is 30.0 Å². The Morgan fingerprint density at radius 3 is 2.94 bits per heavy atom. The van der Waals surface area contributed by atoms with Crippen molar-refractivity contribution >= 4 is 33.5 Å². The predicted octanol–water partition coefficient (Wildman–Crippen LogP) is 2.88. The van der Waals surface area contributed by atoms with Crippen LogP contribution in [0.15, 0.2) is 24.3 Å². The molecule has 92 valence electrons. The Hall–Kier alpha value is -0.620. The Morgan fingerprint density at radius 2 is 2.12 bits per heavy atom. The minimum Gasteiger partial charge on any atom is -0.311 e. The quantitative estimate of drug-likeness (QED) is 0.497. The molecule has 2 rings (SSSR count). The summed E-state index contributed by atoms with van der Waals surface area (Å²) in [5.74, 6) is 0. The molecule has 3 nitrogen and oxygen atoms in total. The number of hydrogen-bond donors (Lipinski definition) is 1. The van der Waals surface area contributed by atoms with Crippen molar-refractivity contribution in [3.63, 3.8) is 0 Å². The van der Waals surface area contributed by atoms with Gasteiger partial charge in [0, 0.05) is 19.0 Å². The first-order chi connectivity index (χ1) is 8.33. The molecule has 1 aromatic heterocycles. The molecule has 17 heavy (non-hydrogen) atoms. The molecule has 0 aliphatic rings. The van der Waals surface area contributed by atoms with E-state index in [9.17, 15) is 0 Å². The van der Waals surface area contributed by atoms with E-state index in [4.69, 9.17) is 0 Å². The molecule has 0 aliphatic heterocycles. The average Bonchev–Trinajstić information content (AvgIpc) is 2.67. The van der Waals surface area contributed by atoms with Gasteiger partial charge in [0.25, 0.3) is 0 Å². The van der Waals surface area contributed by atoms with Crippen LogP contribution in [0.5, 0.6) is 0 Å². The number of fused-ring (bicyclic) bond motifs is 1. The number of halogens is 1. The van der Waals surface area contributed by atoms with Gasteiger partial charge in [-0.25, -0.2) is 0 Å². The lowest BCUT2D eigenvalue weighted by Crippen LogP contribution is -2.15. The fourth-order valence-corrected chi connectivity index (χ4v) is 2.51. The molecule has 0 amide bonds. The van der Waals surface area contributed by atoms with Crippen LogP contribution in [-0.2, 0) is 13.6 Å². The van der Waals surface area contributed by atoms with E-state index in [1.165, 1.54) is 28.2 Å². The molecule has 0 bridgehead atoms. The van der Waals surface area contributed by atoms with Crippen molar-refractivity contribution in [2.24, 2.45) is 7.05 Å². The Morgan fingerprint density at radius 1 is 1.29 bits per heavy atom. The van der Waals surface area contributed by atoms with Crippen molar-refractivity contribution in [3.8, 4) is 0 Å². The van der Waals surface area contributed by atoms with E-state index >= 15 is 0 Å². The lowest BCUT2D eigenvalue weighted by Gasteiger charge is -2.01. The lowest BCUT2D eigenvalue weighted by atomic mass is 10.2. The van der Waals surface area contributed by atoms with Crippen LogP contribution in [0, 0.1) is 0 Å². The molecule has 0 saturated heterocycles. The maximum Gasteiger partial charge on any atom is 0.0841 e. The normalized spacial score (nSPS) is 11.2.